The molecule has 0 unspecified atom stereocenters. The largest absolute Gasteiger partial charge is 0.398 e. The van der Waals surface area contributed by atoms with Crippen LogP contribution in [0.5, 0.6) is 0 Å². The molecule has 0 aliphatic heterocycles. The maximum Gasteiger partial charge on any atom is 0.345 e. The van der Waals surface area contributed by atoms with E-state index in [1.54, 1.807) is 31.2 Å². The van der Waals surface area contributed by atoms with E-state index >= 15 is 0 Å². The Bertz CT molecular complexity index is 592. The predicted octanol–water partition coefficient (Wildman–Crippen LogP) is 1.98. The summed E-state index contributed by atoms with van der Waals surface area (Å²) in [6.07, 6.45) is 0. The van der Waals surface area contributed by atoms with Crippen molar-refractivity contribution in [3.8, 4) is 11.3 Å². The van der Waals surface area contributed by atoms with Crippen LogP contribution in [0.3, 0.4) is 0 Å². The molecule has 1 aromatic heterocycles. The molecule has 0 aliphatic carbocycles. The van der Waals surface area contributed by atoms with Crippen molar-refractivity contribution in [2.24, 2.45) is 0 Å². The van der Waals surface area contributed by atoms with E-state index in [1.165, 1.54) is 0 Å². The van der Waals surface area contributed by atoms with Crippen LogP contribution in [0, 0.1) is 6.92 Å². The van der Waals surface area contributed by atoms with Gasteiger partial charge in [0.2, 0.25) is 0 Å². The van der Waals surface area contributed by atoms with E-state index in [0.717, 1.165) is 5.69 Å². The number of aromatic amines is 1. The van der Waals surface area contributed by atoms with Crippen LogP contribution >= 0.6 is 11.6 Å². The summed E-state index contributed by atoms with van der Waals surface area (Å²) < 4.78 is 0. The molecule has 0 saturated heterocycles. The molecule has 16 heavy (non-hydrogen) atoms. The van der Waals surface area contributed by atoms with Crippen molar-refractivity contribution in [3.63, 3.8) is 0 Å². The summed E-state index contributed by atoms with van der Waals surface area (Å²) in [5.41, 5.74) is 7.89. The number of nitrogen functional groups attached to an aromatic ring is 1. The van der Waals surface area contributed by atoms with Crippen molar-refractivity contribution >= 4 is 17.3 Å². The van der Waals surface area contributed by atoms with Crippen molar-refractivity contribution in [2.45, 2.75) is 6.92 Å². The number of nitrogens with zero attached hydrogens (tertiary/aromatic N) is 1. The van der Waals surface area contributed by atoms with Crippen LogP contribution in [0.25, 0.3) is 11.3 Å². The van der Waals surface area contributed by atoms with Crippen LogP contribution in [0.1, 0.15) is 5.69 Å². The van der Waals surface area contributed by atoms with Crippen LogP contribution in [0.4, 0.5) is 5.69 Å². The maximum atomic E-state index is 11.2. The average Bonchev–Trinajstić information content (AvgIpc) is 2.20. The third-order valence-electron chi connectivity index (χ3n) is 2.17. The van der Waals surface area contributed by atoms with E-state index in [9.17, 15) is 4.79 Å². The molecule has 82 valence electrons. The number of benzene rings is 1. The lowest BCUT2D eigenvalue weighted by molar-refractivity contribution is 1.03. The minimum atomic E-state index is -0.394. The monoisotopic (exact) mass is 235 g/mol. The highest BCUT2D eigenvalue weighted by atomic mass is 35.5. The van der Waals surface area contributed by atoms with Crippen LogP contribution in [0.2, 0.25) is 5.02 Å². The van der Waals surface area contributed by atoms with Crippen molar-refractivity contribution in [1.29, 1.82) is 0 Å². The van der Waals surface area contributed by atoms with Gasteiger partial charge in [-0.05, 0) is 31.2 Å². The van der Waals surface area contributed by atoms with Gasteiger partial charge in [0.1, 0.15) is 0 Å². The number of hydrogen-bond donors (Lipinski definition) is 2. The van der Waals surface area contributed by atoms with E-state index in [4.69, 9.17) is 17.3 Å². The zero-order valence-corrected chi connectivity index (χ0v) is 9.38. The van der Waals surface area contributed by atoms with Gasteiger partial charge in [0.05, 0.1) is 5.69 Å². The number of nitrogens with one attached hydrogen (secondary N) is 1. The lowest BCUT2D eigenvalue weighted by Crippen LogP contribution is -2.12. The van der Waals surface area contributed by atoms with E-state index in [-0.39, 0.29) is 0 Å². The van der Waals surface area contributed by atoms with Crippen LogP contribution in [-0.2, 0) is 0 Å². The third-order valence-corrected chi connectivity index (χ3v) is 2.41. The Morgan fingerprint density at radius 3 is 2.81 bits per heavy atom. The second-order valence-corrected chi connectivity index (χ2v) is 3.92. The van der Waals surface area contributed by atoms with Gasteiger partial charge >= 0.3 is 5.69 Å². The van der Waals surface area contributed by atoms with Gasteiger partial charge in [0.25, 0.3) is 0 Å². The highest BCUT2D eigenvalue weighted by Gasteiger charge is 2.06. The second kappa shape index (κ2) is 3.98. The molecular weight excluding hydrogens is 226 g/mol. The number of nitrogens with two attached hydrogens (primary N) is 1. The van der Waals surface area contributed by atoms with E-state index in [1.807, 2.05) is 0 Å². The predicted molar refractivity (Wildman–Crippen MR) is 64.5 cm³/mol. The molecule has 0 fully saturated rings. The number of hydrogen-bond acceptors (Lipinski definition) is 3. The van der Waals surface area contributed by atoms with Crippen molar-refractivity contribution in [2.75, 3.05) is 5.73 Å². The number of H-pyrrole nitrogens is 1. The second-order valence-electron chi connectivity index (χ2n) is 3.49. The Kier molecular flexibility index (Phi) is 2.66. The topological polar surface area (TPSA) is 71.8 Å². The Hall–Kier alpha value is -1.81. The van der Waals surface area contributed by atoms with Crippen LogP contribution in [-0.4, -0.2) is 9.97 Å². The smallest absolute Gasteiger partial charge is 0.345 e. The summed E-state index contributed by atoms with van der Waals surface area (Å²) in [4.78, 5) is 17.7. The first-order valence-electron chi connectivity index (χ1n) is 4.69. The number of aromatic nitrogens is 2. The Balaban J connectivity index is 2.66. The highest BCUT2D eigenvalue weighted by molar-refractivity contribution is 6.31. The van der Waals surface area contributed by atoms with Gasteiger partial charge < -0.3 is 10.7 Å². The molecule has 0 spiro atoms. The first-order chi connectivity index (χ1) is 7.56. The molecule has 4 nitrogen and oxygen atoms in total. The van der Waals surface area contributed by atoms with E-state index in [2.05, 4.69) is 9.97 Å². The SMILES string of the molecule is Cc1cc(-c2cc(Cl)ccc2N)nc(=O)[nH]1. The summed E-state index contributed by atoms with van der Waals surface area (Å²) in [5, 5.41) is 0.559. The molecule has 1 aromatic carbocycles. The fourth-order valence-corrected chi connectivity index (χ4v) is 1.64. The quantitative estimate of drug-likeness (QED) is 0.743. The van der Waals surface area contributed by atoms with Crippen molar-refractivity contribution in [3.05, 3.63) is 45.5 Å². The standard InChI is InChI=1S/C11H10ClN3O/c1-6-4-10(15-11(16)14-6)8-5-7(12)2-3-9(8)13/h2-5H,13H2,1H3,(H,14,15,16). The lowest BCUT2D eigenvalue weighted by atomic mass is 10.1. The van der Waals surface area contributed by atoms with Gasteiger partial charge in [-0.2, -0.15) is 4.98 Å². The first kappa shape index (κ1) is 10.7. The van der Waals surface area contributed by atoms with Crippen LogP contribution in [0.15, 0.2) is 29.1 Å². The maximum absolute atomic E-state index is 11.2. The number of aryl methyl sites for hydroxylation is 1. The molecule has 0 saturated carbocycles. The normalized spacial score (nSPS) is 10.4. The minimum absolute atomic E-state index is 0.394. The molecule has 0 aliphatic rings. The molecule has 2 rings (SSSR count). The van der Waals surface area contributed by atoms with E-state index < -0.39 is 5.69 Å². The van der Waals surface area contributed by atoms with Crippen LogP contribution < -0.4 is 11.4 Å². The Labute approximate surface area is 97.1 Å². The molecule has 0 amide bonds. The lowest BCUT2D eigenvalue weighted by Gasteiger charge is -2.05. The summed E-state index contributed by atoms with van der Waals surface area (Å²) in [7, 11) is 0. The van der Waals surface area contributed by atoms with Gasteiger partial charge in [-0.1, -0.05) is 11.6 Å². The molecule has 0 atom stereocenters. The number of rotatable bonds is 1. The molecular formula is C11H10ClN3O. The van der Waals surface area contributed by atoms with Crippen molar-refractivity contribution in [1.82, 2.24) is 9.97 Å². The molecule has 5 heteroatoms. The minimum Gasteiger partial charge on any atom is -0.398 e. The summed E-state index contributed by atoms with van der Waals surface area (Å²) in [6, 6.07) is 6.83. The number of anilines is 1. The molecule has 0 bridgehead atoms. The average molecular weight is 236 g/mol. The van der Waals surface area contributed by atoms with Gasteiger partial charge in [-0.3, -0.25) is 0 Å². The highest BCUT2D eigenvalue weighted by Crippen LogP contribution is 2.26. The summed E-state index contributed by atoms with van der Waals surface area (Å²) in [6.45, 7) is 1.79. The van der Waals surface area contributed by atoms with Gasteiger partial charge in [0.15, 0.2) is 0 Å². The van der Waals surface area contributed by atoms with Gasteiger partial charge in [-0.15, -0.1) is 0 Å². The van der Waals surface area contributed by atoms with E-state index in [0.29, 0.717) is 22.0 Å². The zero-order chi connectivity index (χ0) is 11.7. The Morgan fingerprint density at radius 2 is 2.12 bits per heavy atom. The fraction of sp³-hybridized carbons (Fsp3) is 0.0909. The van der Waals surface area contributed by atoms with Gasteiger partial charge in [-0.25, -0.2) is 4.79 Å². The fourth-order valence-electron chi connectivity index (χ4n) is 1.47. The first-order valence-corrected chi connectivity index (χ1v) is 5.07. The molecule has 1 heterocycles. The zero-order valence-electron chi connectivity index (χ0n) is 8.62. The number of halogens is 1. The van der Waals surface area contributed by atoms with Crippen molar-refractivity contribution < 1.29 is 0 Å². The molecule has 0 radical (unpaired) electrons. The molecule has 2 aromatic rings. The van der Waals surface area contributed by atoms with Gasteiger partial charge in [0, 0.05) is 22.0 Å². The Morgan fingerprint density at radius 1 is 1.38 bits per heavy atom. The molecule has 3 N–H and O–H groups in total. The third kappa shape index (κ3) is 2.06. The summed E-state index contributed by atoms with van der Waals surface area (Å²) >= 11 is 5.88. The summed E-state index contributed by atoms with van der Waals surface area (Å²) in [5.74, 6) is 0.